The minimum Gasteiger partial charge on any atom is -0.344 e. The van der Waals surface area contributed by atoms with Gasteiger partial charge in [-0.3, -0.25) is 19.3 Å². The minimum absolute atomic E-state index is 0.0544. The van der Waals surface area contributed by atoms with E-state index in [-0.39, 0.29) is 36.6 Å². The predicted octanol–water partition coefficient (Wildman–Crippen LogP) is 3.92. The third-order valence-electron chi connectivity index (χ3n) is 4.32. The van der Waals surface area contributed by atoms with E-state index in [1.165, 1.54) is 4.90 Å². The van der Waals surface area contributed by atoms with Crippen molar-refractivity contribution >= 4 is 34.7 Å². The van der Waals surface area contributed by atoms with Crippen LogP contribution in [0.1, 0.15) is 54.4 Å². The van der Waals surface area contributed by atoms with E-state index < -0.39 is 0 Å². The molecule has 0 bridgehead atoms. The summed E-state index contributed by atoms with van der Waals surface area (Å²) in [6.07, 6.45) is 1.29. The second kappa shape index (κ2) is 7.83. The van der Waals surface area contributed by atoms with E-state index in [4.69, 9.17) is 0 Å². The summed E-state index contributed by atoms with van der Waals surface area (Å²) >= 11 is 1.62. The number of amides is 3. The molecule has 1 atom stereocenters. The number of anilines is 1. The number of rotatable bonds is 6. The fraction of sp³-hybridized carbons (Fsp3) is 0.350. The number of imide groups is 1. The molecule has 0 radical (unpaired) electrons. The molecule has 3 rings (SSSR count). The number of benzene rings is 1. The quantitative estimate of drug-likeness (QED) is 0.784. The molecule has 1 aliphatic rings. The van der Waals surface area contributed by atoms with Crippen LogP contribution in [-0.4, -0.2) is 17.7 Å². The van der Waals surface area contributed by atoms with Crippen molar-refractivity contribution in [3.05, 3.63) is 52.2 Å². The van der Waals surface area contributed by atoms with Gasteiger partial charge in [-0.05, 0) is 42.0 Å². The molecule has 1 fully saturated rings. The van der Waals surface area contributed by atoms with Crippen LogP contribution in [0.3, 0.4) is 0 Å². The molecule has 1 aromatic heterocycles. The first-order valence-corrected chi connectivity index (χ1v) is 9.64. The summed E-state index contributed by atoms with van der Waals surface area (Å²) in [5, 5.41) is 5.09. The Kier molecular flexibility index (Phi) is 5.52. The lowest BCUT2D eigenvalue weighted by Gasteiger charge is -2.20. The van der Waals surface area contributed by atoms with Gasteiger partial charge in [0, 0.05) is 23.3 Å². The molecule has 0 spiro atoms. The first-order chi connectivity index (χ1) is 12.5. The molecule has 1 N–H and O–H groups in total. The second-order valence-electron chi connectivity index (χ2n) is 6.84. The average Bonchev–Trinajstić information content (AvgIpc) is 3.24. The van der Waals surface area contributed by atoms with Crippen molar-refractivity contribution in [3.8, 4) is 0 Å². The molecule has 3 amide bonds. The lowest BCUT2D eigenvalue weighted by molar-refractivity contribution is -0.121. The highest BCUT2D eigenvalue weighted by Crippen LogP contribution is 2.27. The molecule has 1 saturated heterocycles. The van der Waals surface area contributed by atoms with E-state index in [9.17, 15) is 14.4 Å². The summed E-state index contributed by atoms with van der Waals surface area (Å²) < 4.78 is 0. The van der Waals surface area contributed by atoms with Gasteiger partial charge in [-0.1, -0.05) is 26.0 Å². The molecule has 6 heteroatoms. The zero-order valence-electron chi connectivity index (χ0n) is 14.9. The van der Waals surface area contributed by atoms with Gasteiger partial charge in [0.25, 0.3) is 5.91 Å². The molecule has 1 aromatic carbocycles. The van der Waals surface area contributed by atoms with Crippen LogP contribution in [0.25, 0.3) is 0 Å². The zero-order chi connectivity index (χ0) is 18.7. The summed E-state index contributed by atoms with van der Waals surface area (Å²) in [5.41, 5.74) is 0.905. The maximum absolute atomic E-state index is 12.8. The van der Waals surface area contributed by atoms with Crippen LogP contribution in [0.15, 0.2) is 41.8 Å². The van der Waals surface area contributed by atoms with Gasteiger partial charge in [0.05, 0.1) is 11.7 Å². The van der Waals surface area contributed by atoms with Gasteiger partial charge in [-0.25, -0.2) is 0 Å². The molecule has 2 aromatic rings. The number of nitrogens with zero attached hydrogens (tertiary/aromatic N) is 1. The summed E-state index contributed by atoms with van der Waals surface area (Å²) in [4.78, 5) is 38.9. The van der Waals surface area contributed by atoms with E-state index in [0.717, 1.165) is 11.3 Å². The van der Waals surface area contributed by atoms with Crippen LogP contribution < -0.4 is 10.2 Å². The van der Waals surface area contributed by atoms with Crippen LogP contribution in [0.5, 0.6) is 0 Å². The zero-order valence-corrected chi connectivity index (χ0v) is 15.7. The van der Waals surface area contributed by atoms with Gasteiger partial charge in [0.2, 0.25) is 11.8 Å². The summed E-state index contributed by atoms with van der Waals surface area (Å²) in [6, 6.07) is 10.6. The van der Waals surface area contributed by atoms with Gasteiger partial charge in [0.1, 0.15) is 0 Å². The number of thiophene rings is 1. The molecular weight excluding hydrogens is 348 g/mol. The topological polar surface area (TPSA) is 66.5 Å². The van der Waals surface area contributed by atoms with Gasteiger partial charge in [-0.2, -0.15) is 0 Å². The number of nitrogens with one attached hydrogen (secondary N) is 1. The predicted molar refractivity (Wildman–Crippen MR) is 102 cm³/mol. The molecule has 0 saturated carbocycles. The van der Waals surface area contributed by atoms with Gasteiger partial charge in [0.15, 0.2) is 0 Å². The highest BCUT2D eigenvalue weighted by Gasteiger charge is 2.30. The van der Waals surface area contributed by atoms with Gasteiger partial charge >= 0.3 is 0 Å². The average molecular weight is 370 g/mol. The number of carbonyl (C=O) groups excluding carboxylic acids is 3. The Morgan fingerprint density at radius 3 is 2.50 bits per heavy atom. The lowest BCUT2D eigenvalue weighted by Crippen LogP contribution is -2.30. The van der Waals surface area contributed by atoms with Crippen molar-refractivity contribution in [2.45, 2.75) is 39.2 Å². The number of hydrogen-bond donors (Lipinski definition) is 1. The minimum atomic E-state index is -0.219. The molecule has 5 nitrogen and oxygen atoms in total. The third kappa shape index (κ3) is 4.02. The molecular formula is C20H22N2O3S. The standard InChI is InChI=1S/C20H22N2O3S/c1-13(2)11-16(17-7-4-10-26-17)21-20(25)14-5-3-6-15(12-14)22-18(23)8-9-19(22)24/h3-7,10,12-13,16H,8-9,11H2,1-2H3,(H,21,25). The van der Waals surface area contributed by atoms with Crippen LogP contribution in [0.2, 0.25) is 0 Å². The number of hydrogen-bond acceptors (Lipinski definition) is 4. The normalized spacial score (nSPS) is 15.6. The van der Waals surface area contributed by atoms with Crippen LogP contribution in [0, 0.1) is 5.92 Å². The third-order valence-corrected chi connectivity index (χ3v) is 5.30. The highest BCUT2D eigenvalue weighted by molar-refractivity contribution is 7.10. The lowest BCUT2D eigenvalue weighted by atomic mass is 10.0. The summed E-state index contributed by atoms with van der Waals surface area (Å²) in [5.74, 6) is -0.203. The van der Waals surface area contributed by atoms with E-state index >= 15 is 0 Å². The Bertz CT molecular complexity index is 798. The Labute approximate surface area is 157 Å². The Morgan fingerprint density at radius 2 is 1.88 bits per heavy atom. The molecule has 1 aliphatic heterocycles. The molecule has 1 unspecified atom stereocenters. The van der Waals surface area contributed by atoms with Crippen LogP contribution >= 0.6 is 11.3 Å². The fourth-order valence-electron chi connectivity index (χ4n) is 3.10. The number of carbonyl (C=O) groups is 3. The Morgan fingerprint density at radius 1 is 1.15 bits per heavy atom. The Balaban J connectivity index is 1.80. The second-order valence-corrected chi connectivity index (χ2v) is 7.82. The SMILES string of the molecule is CC(C)CC(NC(=O)c1cccc(N2C(=O)CCC2=O)c1)c1cccs1. The first-order valence-electron chi connectivity index (χ1n) is 8.76. The van der Waals surface area contributed by atoms with Crippen molar-refractivity contribution in [1.82, 2.24) is 5.32 Å². The van der Waals surface area contributed by atoms with Crippen molar-refractivity contribution in [2.24, 2.45) is 5.92 Å². The first kappa shape index (κ1) is 18.3. The molecule has 0 aliphatic carbocycles. The molecule has 26 heavy (non-hydrogen) atoms. The van der Waals surface area contributed by atoms with E-state index in [0.29, 0.717) is 17.2 Å². The monoisotopic (exact) mass is 370 g/mol. The highest BCUT2D eigenvalue weighted by atomic mass is 32.1. The summed E-state index contributed by atoms with van der Waals surface area (Å²) in [7, 11) is 0. The Hall–Kier alpha value is -2.47. The van der Waals surface area contributed by atoms with Crippen LogP contribution in [0.4, 0.5) is 5.69 Å². The van der Waals surface area contributed by atoms with Crippen molar-refractivity contribution in [3.63, 3.8) is 0 Å². The van der Waals surface area contributed by atoms with Crippen molar-refractivity contribution in [1.29, 1.82) is 0 Å². The van der Waals surface area contributed by atoms with Crippen LogP contribution in [-0.2, 0) is 9.59 Å². The van der Waals surface area contributed by atoms with E-state index in [1.54, 1.807) is 35.6 Å². The van der Waals surface area contributed by atoms with Gasteiger partial charge < -0.3 is 5.32 Å². The van der Waals surface area contributed by atoms with Gasteiger partial charge in [-0.15, -0.1) is 11.3 Å². The largest absolute Gasteiger partial charge is 0.344 e. The maximum Gasteiger partial charge on any atom is 0.251 e. The molecule has 2 heterocycles. The molecule has 136 valence electrons. The van der Waals surface area contributed by atoms with E-state index in [2.05, 4.69) is 19.2 Å². The maximum atomic E-state index is 12.8. The van der Waals surface area contributed by atoms with Crippen molar-refractivity contribution in [2.75, 3.05) is 4.90 Å². The fourth-order valence-corrected chi connectivity index (χ4v) is 3.89. The van der Waals surface area contributed by atoms with E-state index in [1.807, 2.05) is 17.5 Å². The smallest absolute Gasteiger partial charge is 0.251 e. The van der Waals surface area contributed by atoms with Crippen molar-refractivity contribution < 1.29 is 14.4 Å². The summed E-state index contributed by atoms with van der Waals surface area (Å²) in [6.45, 7) is 4.25.